The molecule has 1 fully saturated rings. The zero-order valence-electron chi connectivity index (χ0n) is 11.1. The van der Waals surface area contributed by atoms with Crippen molar-refractivity contribution in [1.82, 2.24) is 0 Å². The Balaban J connectivity index is 1.98. The van der Waals surface area contributed by atoms with E-state index in [4.69, 9.17) is 0 Å². The fraction of sp³-hybridized carbons (Fsp3) is 0.500. The average molecular weight is 303 g/mol. The molecular formula is C14H16F3NOS. The van der Waals surface area contributed by atoms with Crippen LogP contribution < -0.4 is 5.32 Å². The van der Waals surface area contributed by atoms with E-state index in [1.54, 1.807) is 18.7 Å². The van der Waals surface area contributed by atoms with Gasteiger partial charge in [-0.15, -0.1) is 11.8 Å². The van der Waals surface area contributed by atoms with Crippen LogP contribution in [0.3, 0.4) is 0 Å². The fourth-order valence-electron chi connectivity index (χ4n) is 2.23. The summed E-state index contributed by atoms with van der Waals surface area (Å²) in [6, 6.07) is 1.82. The van der Waals surface area contributed by atoms with Gasteiger partial charge in [0.25, 0.3) is 0 Å². The Morgan fingerprint density at radius 3 is 2.55 bits per heavy atom. The summed E-state index contributed by atoms with van der Waals surface area (Å²) in [5.41, 5.74) is -0.326. The van der Waals surface area contributed by atoms with E-state index in [1.807, 2.05) is 0 Å². The van der Waals surface area contributed by atoms with Crippen molar-refractivity contribution < 1.29 is 18.0 Å². The zero-order valence-corrected chi connectivity index (χ0v) is 11.9. The van der Waals surface area contributed by atoms with Crippen molar-refractivity contribution in [1.29, 1.82) is 0 Å². The molecule has 0 unspecified atom stereocenters. The predicted molar refractivity (Wildman–Crippen MR) is 74.3 cm³/mol. The second kappa shape index (κ2) is 6.52. The van der Waals surface area contributed by atoms with E-state index >= 15 is 0 Å². The minimum absolute atomic E-state index is 0.326. The number of benzene rings is 1. The van der Waals surface area contributed by atoms with E-state index in [2.05, 4.69) is 5.32 Å². The number of anilines is 1. The number of halogens is 3. The first-order valence-electron chi connectivity index (χ1n) is 6.59. The molecule has 0 aliphatic heterocycles. The number of nitrogens with one attached hydrogen (secondary N) is 1. The Morgan fingerprint density at radius 2 is 1.90 bits per heavy atom. The Morgan fingerprint density at radius 1 is 1.25 bits per heavy atom. The normalized spacial score (nSPS) is 17.2. The van der Waals surface area contributed by atoms with Crippen LogP contribution in [0.4, 0.5) is 18.9 Å². The van der Waals surface area contributed by atoms with E-state index in [1.165, 1.54) is 12.8 Å². The van der Waals surface area contributed by atoms with Gasteiger partial charge in [0.2, 0.25) is 5.91 Å². The van der Waals surface area contributed by atoms with Crippen LogP contribution >= 0.6 is 11.8 Å². The van der Waals surface area contributed by atoms with Crippen LogP contribution in [0.15, 0.2) is 12.1 Å². The minimum Gasteiger partial charge on any atom is -0.323 e. The number of amides is 1. The van der Waals surface area contributed by atoms with Crippen molar-refractivity contribution >= 4 is 23.4 Å². The maximum absolute atomic E-state index is 13.5. The molecule has 6 heteroatoms. The highest BCUT2D eigenvalue weighted by molar-refractivity contribution is 8.01. The molecule has 0 heterocycles. The molecule has 1 atom stereocenters. The van der Waals surface area contributed by atoms with Gasteiger partial charge < -0.3 is 5.32 Å². The summed E-state index contributed by atoms with van der Waals surface area (Å²) in [7, 11) is 0. The van der Waals surface area contributed by atoms with Gasteiger partial charge in [-0.3, -0.25) is 4.79 Å². The number of hydrogen-bond acceptors (Lipinski definition) is 2. The first-order valence-corrected chi connectivity index (χ1v) is 7.53. The Labute approximate surface area is 120 Å². The highest BCUT2D eigenvalue weighted by atomic mass is 32.2. The molecule has 1 N–H and O–H groups in total. The van der Waals surface area contributed by atoms with E-state index in [-0.39, 0.29) is 10.9 Å². The summed E-state index contributed by atoms with van der Waals surface area (Å²) in [6.45, 7) is 1.73. The third kappa shape index (κ3) is 3.48. The van der Waals surface area contributed by atoms with E-state index in [0.717, 1.165) is 25.0 Å². The van der Waals surface area contributed by atoms with Crippen LogP contribution in [-0.2, 0) is 4.79 Å². The van der Waals surface area contributed by atoms with Crippen LogP contribution in [0.1, 0.15) is 32.6 Å². The Hall–Kier alpha value is -1.17. The number of carbonyl (C=O) groups excluding carboxylic acids is 1. The van der Waals surface area contributed by atoms with Gasteiger partial charge in [-0.2, -0.15) is 0 Å². The highest BCUT2D eigenvalue weighted by Gasteiger charge is 2.23. The van der Waals surface area contributed by atoms with Crippen LogP contribution in [0.2, 0.25) is 0 Å². The second-order valence-electron chi connectivity index (χ2n) is 4.90. The van der Waals surface area contributed by atoms with Crippen molar-refractivity contribution in [2.45, 2.75) is 43.1 Å². The zero-order chi connectivity index (χ0) is 14.7. The quantitative estimate of drug-likeness (QED) is 0.848. The molecule has 2 nitrogen and oxygen atoms in total. The average Bonchev–Trinajstić information content (AvgIpc) is 2.92. The maximum Gasteiger partial charge on any atom is 0.237 e. The molecule has 1 amide bonds. The molecule has 1 aromatic carbocycles. The highest BCUT2D eigenvalue weighted by Crippen LogP contribution is 2.32. The van der Waals surface area contributed by atoms with Crippen molar-refractivity contribution in [3.05, 3.63) is 29.6 Å². The first-order chi connectivity index (χ1) is 9.49. The third-order valence-electron chi connectivity index (χ3n) is 3.36. The van der Waals surface area contributed by atoms with Gasteiger partial charge in [-0.05, 0) is 31.9 Å². The molecule has 110 valence electrons. The number of hydrogen-bond donors (Lipinski definition) is 1. The summed E-state index contributed by atoms with van der Waals surface area (Å²) >= 11 is 1.55. The summed E-state index contributed by atoms with van der Waals surface area (Å²) in [5, 5.41) is 2.40. The number of carbonyl (C=O) groups is 1. The maximum atomic E-state index is 13.5. The second-order valence-corrected chi connectivity index (χ2v) is 6.54. The standard InChI is InChI=1S/C14H16F3NOS/c1-8(20-9-4-2-3-5-9)14(19)18-11-7-6-10(15)12(16)13(11)17/h6-9H,2-5H2,1H3,(H,18,19)/t8-/m0/s1. The van der Waals surface area contributed by atoms with Crippen molar-refractivity contribution in [3.8, 4) is 0 Å². The van der Waals surface area contributed by atoms with Gasteiger partial charge in [-0.1, -0.05) is 12.8 Å². The van der Waals surface area contributed by atoms with Gasteiger partial charge in [0.1, 0.15) is 0 Å². The lowest BCUT2D eigenvalue weighted by molar-refractivity contribution is -0.115. The molecule has 0 aromatic heterocycles. The summed E-state index contributed by atoms with van der Waals surface area (Å²) < 4.78 is 39.3. The van der Waals surface area contributed by atoms with Crippen LogP contribution in [0.5, 0.6) is 0 Å². The Kier molecular flexibility index (Phi) is 4.96. The molecule has 1 saturated carbocycles. The van der Waals surface area contributed by atoms with Gasteiger partial charge >= 0.3 is 0 Å². The first kappa shape index (κ1) is 15.2. The van der Waals surface area contributed by atoms with Crippen LogP contribution in [0.25, 0.3) is 0 Å². The molecular weight excluding hydrogens is 287 g/mol. The van der Waals surface area contributed by atoms with Gasteiger partial charge in [0.15, 0.2) is 17.5 Å². The lowest BCUT2D eigenvalue weighted by Crippen LogP contribution is -2.25. The molecule has 0 saturated heterocycles. The van der Waals surface area contributed by atoms with E-state index in [9.17, 15) is 18.0 Å². The smallest absolute Gasteiger partial charge is 0.237 e. The van der Waals surface area contributed by atoms with Gasteiger partial charge in [-0.25, -0.2) is 13.2 Å². The van der Waals surface area contributed by atoms with Crippen LogP contribution in [0, 0.1) is 17.5 Å². The van der Waals surface area contributed by atoms with Crippen LogP contribution in [-0.4, -0.2) is 16.4 Å². The molecule has 1 aliphatic carbocycles. The molecule has 0 radical (unpaired) electrons. The number of thioether (sulfide) groups is 1. The topological polar surface area (TPSA) is 29.1 Å². The molecule has 1 aliphatic rings. The van der Waals surface area contributed by atoms with E-state index < -0.39 is 23.4 Å². The van der Waals surface area contributed by atoms with Crippen molar-refractivity contribution in [2.75, 3.05) is 5.32 Å². The molecule has 20 heavy (non-hydrogen) atoms. The molecule has 2 rings (SSSR count). The number of rotatable bonds is 4. The molecule has 0 bridgehead atoms. The van der Waals surface area contributed by atoms with E-state index in [0.29, 0.717) is 5.25 Å². The van der Waals surface area contributed by atoms with Crippen molar-refractivity contribution in [3.63, 3.8) is 0 Å². The minimum atomic E-state index is -1.57. The summed E-state index contributed by atoms with van der Waals surface area (Å²) in [6.07, 6.45) is 4.51. The fourth-order valence-corrected chi connectivity index (χ4v) is 3.60. The summed E-state index contributed by atoms with van der Waals surface area (Å²) in [5.74, 6) is -4.60. The lowest BCUT2D eigenvalue weighted by Gasteiger charge is -2.16. The van der Waals surface area contributed by atoms with Crippen molar-refractivity contribution in [2.24, 2.45) is 0 Å². The van der Waals surface area contributed by atoms with Gasteiger partial charge in [0.05, 0.1) is 10.9 Å². The Bertz CT molecular complexity index is 503. The SMILES string of the molecule is C[C@H](SC1CCCC1)C(=O)Nc1ccc(F)c(F)c1F. The predicted octanol–water partition coefficient (Wildman–Crippen LogP) is 4.11. The lowest BCUT2D eigenvalue weighted by atomic mass is 10.2. The molecule has 0 spiro atoms. The monoisotopic (exact) mass is 303 g/mol. The largest absolute Gasteiger partial charge is 0.323 e. The third-order valence-corrected chi connectivity index (χ3v) is 4.84. The molecule has 1 aromatic rings. The van der Waals surface area contributed by atoms with Gasteiger partial charge in [0, 0.05) is 5.25 Å². The summed E-state index contributed by atoms with van der Waals surface area (Å²) in [4.78, 5) is 11.9.